The normalized spacial score (nSPS) is 7.94. The molecule has 0 atom stereocenters. The van der Waals surface area contributed by atoms with Crippen LogP contribution in [0.25, 0.3) is 0 Å². The van der Waals surface area contributed by atoms with E-state index in [4.69, 9.17) is 5.73 Å². The van der Waals surface area contributed by atoms with E-state index in [0.29, 0.717) is 24.2 Å². The molecule has 0 heterocycles. The van der Waals surface area contributed by atoms with Crippen LogP contribution < -0.4 is 11.1 Å². The molecular formula is C28H51N3O2. The molecule has 0 aliphatic rings. The molecular weight excluding hydrogens is 410 g/mol. The van der Waals surface area contributed by atoms with E-state index in [1.807, 2.05) is 59.4 Å². The van der Waals surface area contributed by atoms with Gasteiger partial charge in [-0.25, -0.2) is 0 Å². The van der Waals surface area contributed by atoms with E-state index in [-0.39, 0.29) is 11.8 Å². The second-order valence-corrected chi connectivity index (χ2v) is 5.78. The zero-order chi connectivity index (χ0) is 27.2. The summed E-state index contributed by atoms with van der Waals surface area (Å²) in [5.41, 5.74) is 7.45. The van der Waals surface area contributed by atoms with Gasteiger partial charge in [0.25, 0.3) is 11.8 Å². The van der Waals surface area contributed by atoms with Crippen molar-refractivity contribution in [2.75, 3.05) is 26.2 Å². The number of terminal acetylenes is 2. The summed E-state index contributed by atoms with van der Waals surface area (Å²) in [4.78, 5) is 26.7. The number of benzene rings is 1. The van der Waals surface area contributed by atoms with Gasteiger partial charge >= 0.3 is 0 Å². The number of aryl methyl sites for hydroxylation is 1. The Labute approximate surface area is 205 Å². The fourth-order valence-electron chi connectivity index (χ4n) is 2.48. The summed E-state index contributed by atoms with van der Waals surface area (Å²) in [6.45, 7) is 20.6. The van der Waals surface area contributed by atoms with Gasteiger partial charge in [-0.15, -0.1) is 25.7 Å². The molecule has 5 nitrogen and oxygen atoms in total. The number of hydrogen-bond acceptors (Lipinski definition) is 3. The highest BCUT2D eigenvalue weighted by Gasteiger charge is 2.17. The van der Waals surface area contributed by atoms with Crippen LogP contribution in [0, 0.1) is 32.6 Å². The SMILES string of the molecule is C#C.C#C.CC.CC.CC.CCCN(CCC)C(=O)c1cc(C)cc(C(=O)NCCCN)c1. The molecule has 0 spiro atoms. The number of carbonyl (C=O) groups excluding carboxylic acids is 2. The quantitative estimate of drug-likeness (QED) is 0.354. The van der Waals surface area contributed by atoms with E-state index in [2.05, 4.69) is 44.9 Å². The average molecular weight is 462 g/mol. The lowest BCUT2D eigenvalue weighted by atomic mass is 10.0. The molecule has 5 heteroatoms. The molecule has 0 aromatic heterocycles. The monoisotopic (exact) mass is 461 g/mol. The van der Waals surface area contributed by atoms with Gasteiger partial charge in [-0.3, -0.25) is 9.59 Å². The lowest BCUT2D eigenvalue weighted by molar-refractivity contribution is 0.0755. The summed E-state index contributed by atoms with van der Waals surface area (Å²) in [7, 11) is 0. The van der Waals surface area contributed by atoms with Crippen LogP contribution in [0.15, 0.2) is 18.2 Å². The van der Waals surface area contributed by atoms with Crippen LogP contribution in [0.1, 0.15) is 101 Å². The Morgan fingerprint density at radius 3 is 1.67 bits per heavy atom. The van der Waals surface area contributed by atoms with Crippen molar-refractivity contribution in [2.24, 2.45) is 5.73 Å². The van der Waals surface area contributed by atoms with Gasteiger partial charge in [-0.05, 0) is 56.5 Å². The van der Waals surface area contributed by atoms with Crippen LogP contribution in [0.4, 0.5) is 0 Å². The smallest absolute Gasteiger partial charge is 0.253 e. The van der Waals surface area contributed by atoms with Gasteiger partial charge < -0.3 is 16.0 Å². The topological polar surface area (TPSA) is 75.4 Å². The fraction of sp³-hybridized carbons (Fsp3) is 0.571. The van der Waals surface area contributed by atoms with Crippen LogP contribution in [0.5, 0.6) is 0 Å². The summed E-state index contributed by atoms with van der Waals surface area (Å²) in [5, 5.41) is 2.83. The van der Waals surface area contributed by atoms with Crippen molar-refractivity contribution in [3.63, 3.8) is 0 Å². The first-order valence-electron chi connectivity index (χ1n) is 12.1. The number of hydrogen-bond donors (Lipinski definition) is 2. The van der Waals surface area contributed by atoms with E-state index in [9.17, 15) is 9.59 Å². The molecule has 0 bridgehead atoms. The van der Waals surface area contributed by atoms with E-state index in [0.717, 1.165) is 37.9 Å². The third-order valence-corrected chi connectivity index (χ3v) is 3.53. The predicted molar refractivity (Wildman–Crippen MR) is 147 cm³/mol. The number of rotatable bonds is 9. The molecule has 33 heavy (non-hydrogen) atoms. The molecule has 0 radical (unpaired) electrons. The summed E-state index contributed by atoms with van der Waals surface area (Å²) in [6, 6.07) is 5.33. The van der Waals surface area contributed by atoms with Gasteiger partial charge in [-0.1, -0.05) is 55.4 Å². The van der Waals surface area contributed by atoms with Gasteiger partial charge in [0.05, 0.1) is 0 Å². The van der Waals surface area contributed by atoms with Crippen LogP contribution in [0.3, 0.4) is 0 Å². The maximum absolute atomic E-state index is 12.7. The van der Waals surface area contributed by atoms with Crippen molar-refractivity contribution in [2.45, 2.75) is 81.6 Å². The van der Waals surface area contributed by atoms with E-state index < -0.39 is 0 Å². The van der Waals surface area contributed by atoms with Gasteiger partial charge in [0.1, 0.15) is 0 Å². The first kappa shape index (κ1) is 40.6. The van der Waals surface area contributed by atoms with Gasteiger partial charge in [0.2, 0.25) is 0 Å². The summed E-state index contributed by atoms with van der Waals surface area (Å²) < 4.78 is 0. The zero-order valence-corrected chi connectivity index (χ0v) is 22.8. The molecule has 0 saturated heterocycles. The third-order valence-electron chi connectivity index (χ3n) is 3.53. The first-order chi connectivity index (χ1) is 16.0. The van der Waals surface area contributed by atoms with Crippen molar-refractivity contribution in [3.05, 3.63) is 34.9 Å². The first-order valence-corrected chi connectivity index (χ1v) is 12.1. The van der Waals surface area contributed by atoms with Crippen LogP contribution in [-0.2, 0) is 0 Å². The Bertz CT molecular complexity index is 596. The van der Waals surface area contributed by atoms with Gasteiger partial charge in [0, 0.05) is 30.8 Å². The number of amides is 2. The van der Waals surface area contributed by atoms with Gasteiger partial charge in [0.15, 0.2) is 0 Å². The van der Waals surface area contributed by atoms with Gasteiger partial charge in [-0.2, -0.15) is 0 Å². The second kappa shape index (κ2) is 33.9. The molecule has 0 aliphatic heterocycles. The molecule has 0 fully saturated rings. The van der Waals surface area contributed by atoms with Crippen LogP contribution in [-0.4, -0.2) is 42.9 Å². The summed E-state index contributed by atoms with van der Waals surface area (Å²) in [6.07, 6.45) is 18.6. The number of carbonyl (C=O) groups is 2. The van der Waals surface area contributed by atoms with Crippen molar-refractivity contribution < 1.29 is 9.59 Å². The molecule has 1 rings (SSSR count). The van der Waals surface area contributed by atoms with Crippen molar-refractivity contribution in [3.8, 4) is 25.7 Å². The lowest BCUT2D eigenvalue weighted by Crippen LogP contribution is -2.33. The Morgan fingerprint density at radius 1 is 0.848 bits per heavy atom. The van der Waals surface area contributed by atoms with E-state index in [1.54, 1.807) is 12.1 Å². The molecule has 0 aliphatic carbocycles. The molecule has 0 saturated carbocycles. The maximum atomic E-state index is 12.7. The number of nitrogens with one attached hydrogen (secondary N) is 1. The number of nitrogens with zero attached hydrogens (tertiary/aromatic N) is 1. The molecule has 190 valence electrons. The molecule has 2 amide bonds. The summed E-state index contributed by atoms with van der Waals surface area (Å²) in [5.74, 6) is -0.165. The minimum atomic E-state index is -0.159. The fourth-order valence-corrected chi connectivity index (χ4v) is 2.48. The molecule has 1 aromatic rings. The van der Waals surface area contributed by atoms with Crippen LogP contribution >= 0.6 is 0 Å². The molecule has 3 N–H and O–H groups in total. The maximum Gasteiger partial charge on any atom is 0.253 e. The van der Waals surface area contributed by atoms with Crippen LogP contribution in [0.2, 0.25) is 0 Å². The second-order valence-electron chi connectivity index (χ2n) is 5.78. The number of nitrogens with two attached hydrogens (primary N) is 1. The Balaban J connectivity index is -0.000000230. The van der Waals surface area contributed by atoms with Crippen molar-refractivity contribution in [1.82, 2.24) is 10.2 Å². The Hall–Kier alpha value is -2.76. The molecule has 1 aromatic carbocycles. The van der Waals surface area contributed by atoms with Crippen molar-refractivity contribution in [1.29, 1.82) is 0 Å². The lowest BCUT2D eigenvalue weighted by Gasteiger charge is -2.22. The van der Waals surface area contributed by atoms with E-state index in [1.165, 1.54) is 0 Å². The predicted octanol–water partition coefficient (Wildman–Crippen LogP) is 5.91. The minimum absolute atomic E-state index is 0.00610. The Kier molecular flexibility index (Phi) is 41.7. The third kappa shape index (κ3) is 20.9. The largest absolute Gasteiger partial charge is 0.352 e. The highest BCUT2D eigenvalue weighted by Crippen LogP contribution is 2.13. The molecule has 0 unspecified atom stereocenters. The highest BCUT2D eigenvalue weighted by molar-refractivity contribution is 6.00. The minimum Gasteiger partial charge on any atom is -0.352 e. The average Bonchev–Trinajstić information content (AvgIpc) is 2.89. The Morgan fingerprint density at radius 2 is 1.27 bits per heavy atom. The van der Waals surface area contributed by atoms with E-state index >= 15 is 0 Å². The zero-order valence-electron chi connectivity index (χ0n) is 22.8. The van der Waals surface area contributed by atoms with Crippen molar-refractivity contribution >= 4 is 11.8 Å². The highest BCUT2D eigenvalue weighted by atomic mass is 16.2. The summed E-state index contributed by atoms with van der Waals surface area (Å²) >= 11 is 0. The standard InChI is InChI=1S/C18H29N3O2.3C2H6.2C2H2/c1-4-9-21(10-5-2)18(23)16-12-14(3)11-15(13-16)17(22)20-8-6-7-19;5*1-2/h11-13H,4-10,19H2,1-3H3,(H,20,22);3*1-2H3;2*1-2H.